The maximum atomic E-state index is 12.7. The summed E-state index contributed by atoms with van der Waals surface area (Å²) in [4.78, 5) is 11.4. The van der Waals surface area contributed by atoms with Crippen LogP contribution in [0.4, 0.5) is 4.39 Å². The molecule has 0 bridgehead atoms. The molecule has 3 N–H and O–H groups in total. The van der Waals surface area contributed by atoms with Crippen LogP contribution in [0.25, 0.3) is 0 Å². The Morgan fingerprint density at radius 2 is 2.00 bits per heavy atom. The Morgan fingerprint density at radius 1 is 1.30 bits per heavy atom. The Kier molecular flexibility index (Phi) is 5.14. The topological polar surface area (TPSA) is 55.1 Å². The van der Waals surface area contributed by atoms with Gasteiger partial charge in [-0.05, 0) is 37.1 Å². The number of carbonyl (C=O) groups is 1. The van der Waals surface area contributed by atoms with E-state index in [0.29, 0.717) is 6.54 Å². The molecular weight excluding hydrogens is 255 g/mol. The monoisotopic (exact) mass is 274 g/mol. The highest BCUT2D eigenvalue weighted by Crippen LogP contribution is 2.23. The van der Waals surface area contributed by atoms with Gasteiger partial charge in [-0.3, -0.25) is 4.79 Å². The van der Waals surface area contributed by atoms with Crippen molar-refractivity contribution < 1.29 is 9.18 Å². The number of benzene rings is 1. The SMILES string of the molecule is NC(=O)[C@@H]1CCCC[C@H]1NCC#Cc1ccc(F)cc1. The summed E-state index contributed by atoms with van der Waals surface area (Å²) in [6.45, 7) is 0.506. The van der Waals surface area contributed by atoms with Crippen LogP contribution in [0.1, 0.15) is 31.2 Å². The minimum atomic E-state index is -0.264. The molecule has 0 unspecified atom stereocenters. The number of primary amides is 1. The second-order valence-electron chi connectivity index (χ2n) is 5.09. The van der Waals surface area contributed by atoms with Gasteiger partial charge in [-0.15, -0.1) is 0 Å². The van der Waals surface area contributed by atoms with E-state index in [1.165, 1.54) is 12.1 Å². The van der Waals surface area contributed by atoms with Crippen molar-refractivity contribution in [1.29, 1.82) is 0 Å². The van der Waals surface area contributed by atoms with Crippen molar-refractivity contribution in [1.82, 2.24) is 5.32 Å². The van der Waals surface area contributed by atoms with E-state index in [1.807, 2.05) is 0 Å². The van der Waals surface area contributed by atoms with Gasteiger partial charge in [0.15, 0.2) is 0 Å². The average molecular weight is 274 g/mol. The first kappa shape index (κ1) is 14.5. The fourth-order valence-corrected chi connectivity index (χ4v) is 2.58. The number of hydrogen-bond donors (Lipinski definition) is 2. The summed E-state index contributed by atoms with van der Waals surface area (Å²) >= 11 is 0. The van der Waals surface area contributed by atoms with Crippen LogP contribution in [0.5, 0.6) is 0 Å². The van der Waals surface area contributed by atoms with Crippen molar-refractivity contribution in [2.75, 3.05) is 6.54 Å². The highest BCUT2D eigenvalue weighted by molar-refractivity contribution is 5.77. The highest BCUT2D eigenvalue weighted by atomic mass is 19.1. The summed E-state index contributed by atoms with van der Waals surface area (Å²) in [5.41, 5.74) is 6.20. The minimum absolute atomic E-state index is 0.0867. The first-order valence-corrected chi connectivity index (χ1v) is 6.94. The third kappa shape index (κ3) is 4.07. The van der Waals surface area contributed by atoms with Crippen molar-refractivity contribution in [2.45, 2.75) is 31.7 Å². The smallest absolute Gasteiger partial charge is 0.222 e. The van der Waals surface area contributed by atoms with E-state index in [1.54, 1.807) is 12.1 Å². The standard InChI is InChI=1S/C16H19FN2O/c17-13-9-7-12(8-10-13)4-3-11-19-15-6-2-1-5-14(15)16(18)20/h7-10,14-15,19H,1-2,5-6,11H2,(H2,18,20)/t14-,15-/m1/s1. The van der Waals surface area contributed by atoms with Crippen LogP contribution in [-0.2, 0) is 4.79 Å². The number of hydrogen-bond acceptors (Lipinski definition) is 2. The molecule has 1 fully saturated rings. The Balaban J connectivity index is 1.86. The van der Waals surface area contributed by atoms with E-state index in [-0.39, 0.29) is 23.7 Å². The fraction of sp³-hybridized carbons (Fsp3) is 0.438. The van der Waals surface area contributed by atoms with E-state index < -0.39 is 0 Å². The predicted octanol–water partition coefficient (Wildman–Crippen LogP) is 1.81. The number of nitrogens with one attached hydrogen (secondary N) is 1. The van der Waals surface area contributed by atoms with E-state index in [4.69, 9.17) is 5.73 Å². The molecule has 2 rings (SSSR count). The lowest BCUT2D eigenvalue weighted by Crippen LogP contribution is -2.44. The third-order valence-corrected chi connectivity index (χ3v) is 3.66. The summed E-state index contributed by atoms with van der Waals surface area (Å²) in [6, 6.07) is 6.21. The van der Waals surface area contributed by atoms with E-state index in [9.17, 15) is 9.18 Å². The van der Waals surface area contributed by atoms with E-state index in [0.717, 1.165) is 31.2 Å². The van der Waals surface area contributed by atoms with Gasteiger partial charge in [0.25, 0.3) is 0 Å². The zero-order valence-electron chi connectivity index (χ0n) is 11.4. The molecule has 0 saturated heterocycles. The Hall–Kier alpha value is -1.86. The number of rotatable bonds is 3. The molecule has 0 radical (unpaired) electrons. The number of nitrogens with two attached hydrogens (primary N) is 1. The third-order valence-electron chi connectivity index (χ3n) is 3.66. The molecule has 1 aliphatic carbocycles. The highest BCUT2D eigenvalue weighted by Gasteiger charge is 2.28. The molecule has 3 nitrogen and oxygen atoms in total. The van der Waals surface area contributed by atoms with Gasteiger partial charge < -0.3 is 11.1 Å². The second kappa shape index (κ2) is 7.06. The van der Waals surface area contributed by atoms with Gasteiger partial charge in [0.05, 0.1) is 12.5 Å². The molecule has 1 aromatic carbocycles. The van der Waals surface area contributed by atoms with Crippen molar-refractivity contribution >= 4 is 5.91 Å². The zero-order chi connectivity index (χ0) is 14.4. The van der Waals surface area contributed by atoms with Crippen LogP contribution in [0.15, 0.2) is 24.3 Å². The minimum Gasteiger partial charge on any atom is -0.369 e. The quantitative estimate of drug-likeness (QED) is 0.826. The van der Waals surface area contributed by atoms with Gasteiger partial charge in [-0.1, -0.05) is 24.7 Å². The largest absolute Gasteiger partial charge is 0.369 e. The molecular formula is C16H19FN2O. The zero-order valence-corrected chi connectivity index (χ0v) is 11.4. The first-order valence-electron chi connectivity index (χ1n) is 6.94. The van der Waals surface area contributed by atoms with Crippen LogP contribution in [0, 0.1) is 23.6 Å². The van der Waals surface area contributed by atoms with Gasteiger partial charge in [0.1, 0.15) is 5.82 Å². The lowest BCUT2D eigenvalue weighted by Gasteiger charge is -2.29. The number of halogens is 1. The molecule has 106 valence electrons. The van der Waals surface area contributed by atoms with Gasteiger partial charge in [0, 0.05) is 11.6 Å². The summed E-state index contributed by atoms with van der Waals surface area (Å²) in [6.07, 6.45) is 4.00. The predicted molar refractivity (Wildman–Crippen MR) is 76.2 cm³/mol. The van der Waals surface area contributed by atoms with Crippen LogP contribution < -0.4 is 11.1 Å². The fourth-order valence-electron chi connectivity index (χ4n) is 2.58. The molecule has 0 aromatic heterocycles. The van der Waals surface area contributed by atoms with Gasteiger partial charge in [-0.2, -0.15) is 0 Å². The molecule has 0 aliphatic heterocycles. The van der Waals surface area contributed by atoms with Crippen molar-refractivity contribution in [2.24, 2.45) is 11.7 Å². The van der Waals surface area contributed by atoms with Crippen LogP contribution >= 0.6 is 0 Å². The molecule has 1 saturated carbocycles. The average Bonchev–Trinajstić information content (AvgIpc) is 2.46. The lowest BCUT2D eigenvalue weighted by molar-refractivity contribution is -0.123. The van der Waals surface area contributed by atoms with Gasteiger partial charge in [-0.25, -0.2) is 4.39 Å². The summed E-state index contributed by atoms with van der Waals surface area (Å²) in [5, 5.41) is 3.29. The Bertz CT molecular complexity index is 516. The van der Waals surface area contributed by atoms with E-state index in [2.05, 4.69) is 17.2 Å². The van der Waals surface area contributed by atoms with E-state index >= 15 is 0 Å². The summed E-state index contributed by atoms with van der Waals surface area (Å²) in [5.74, 6) is 5.37. The molecule has 0 spiro atoms. The molecule has 2 atom stereocenters. The lowest BCUT2D eigenvalue weighted by atomic mass is 9.84. The number of amides is 1. The van der Waals surface area contributed by atoms with Crippen molar-refractivity contribution in [3.63, 3.8) is 0 Å². The molecule has 0 heterocycles. The van der Waals surface area contributed by atoms with Crippen molar-refractivity contribution in [3.05, 3.63) is 35.6 Å². The molecule has 1 amide bonds. The summed E-state index contributed by atoms with van der Waals surface area (Å²) < 4.78 is 12.7. The van der Waals surface area contributed by atoms with Crippen molar-refractivity contribution in [3.8, 4) is 11.8 Å². The second-order valence-corrected chi connectivity index (χ2v) is 5.09. The van der Waals surface area contributed by atoms with Crippen LogP contribution in [0.3, 0.4) is 0 Å². The summed E-state index contributed by atoms with van der Waals surface area (Å²) in [7, 11) is 0. The Morgan fingerprint density at radius 3 is 2.70 bits per heavy atom. The molecule has 1 aliphatic rings. The molecule has 1 aromatic rings. The van der Waals surface area contributed by atoms with Crippen LogP contribution in [0.2, 0.25) is 0 Å². The van der Waals surface area contributed by atoms with Gasteiger partial charge >= 0.3 is 0 Å². The van der Waals surface area contributed by atoms with Crippen LogP contribution in [-0.4, -0.2) is 18.5 Å². The Labute approximate surface area is 118 Å². The first-order chi connectivity index (χ1) is 9.66. The van der Waals surface area contributed by atoms with Gasteiger partial charge in [0.2, 0.25) is 5.91 Å². The number of carbonyl (C=O) groups excluding carboxylic acids is 1. The molecule has 4 heteroatoms. The molecule has 20 heavy (non-hydrogen) atoms. The maximum Gasteiger partial charge on any atom is 0.222 e. The normalized spacial score (nSPS) is 21.9. The maximum absolute atomic E-state index is 12.7.